The molecule has 2 aromatic rings. The molecule has 0 saturated carbocycles. The van der Waals surface area contributed by atoms with Gasteiger partial charge in [0.25, 0.3) is 0 Å². The summed E-state index contributed by atoms with van der Waals surface area (Å²) in [6, 6.07) is 11.1. The molecule has 2 amide bonds. The molecule has 2 rings (SSSR count). The Morgan fingerprint density at radius 3 is 2.52 bits per heavy atom. The lowest BCUT2D eigenvalue weighted by Gasteiger charge is -2.15. The molecule has 0 radical (unpaired) electrons. The second kappa shape index (κ2) is 9.97. The number of carbonyl (C=O) groups is 2. The topological polar surface area (TPSA) is 70.2 Å². The zero-order valence-corrected chi connectivity index (χ0v) is 16.7. The van der Waals surface area contributed by atoms with E-state index in [1.54, 1.807) is 18.2 Å². The molecule has 0 spiro atoms. The summed E-state index contributed by atoms with van der Waals surface area (Å²) in [5.41, 5.74) is 4.33. The number of hydrogen-bond acceptors (Lipinski definition) is 3. The van der Waals surface area contributed by atoms with E-state index in [2.05, 4.69) is 22.9 Å². The summed E-state index contributed by atoms with van der Waals surface area (Å²) < 4.78 is 0. The van der Waals surface area contributed by atoms with Gasteiger partial charge in [0, 0.05) is 17.8 Å². The molecule has 27 heavy (non-hydrogen) atoms. The lowest BCUT2D eigenvalue weighted by molar-refractivity contribution is -0.116. The van der Waals surface area contributed by atoms with Gasteiger partial charge in [0.15, 0.2) is 0 Å². The van der Waals surface area contributed by atoms with Crippen molar-refractivity contribution in [2.75, 3.05) is 22.5 Å². The predicted octanol–water partition coefficient (Wildman–Crippen LogP) is 5.00. The number of amides is 2. The van der Waals surface area contributed by atoms with E-state index in [1.807, 2.05) is 32.0 Å². The third-order valence-corrected chi connectivity index (χ3v) is 4.50. The van der Waals surface area contributed by atoms with Crippen LogP contribution in [0.1, 0.15) is 37.8 Å². The molecule has 0 bridgehead atoms. The molecule has 0 aliphatic carbocycles. The number of halogens is 1. The normalized spacial score (nSPS) is 10.4. The Kier molecular flexibility index (Phi) is 7.67. The van der Waals surface area contributed by atoms with Crippen molar-refractivity contribution in [1.82, 2.24) is 0 Å². The molecule has 5 nitrogen and oxygen atoms in total. The van der Waals surface area contributed by atoms with Crippen LogP contribution in [0.25, 0.3) is 0 Å². The van der Waals surface area contributed by atoms with E-state index in [0.717, 1.165) is 24.1 Å². The Bertz CT molecular complexity index is 821. The largest absolute Gasteiger partial charge is 0.376 e. The van der Waals surface area contributed by atoms with E-state index in [9.17, 15) is 9.59 Å². The van der Waals surface area contributed by atoms with Crippen LogP contribution in [0, 0.1) is 6.92 Å². The molecule has 0 aromatic heterocycles. The number of benzene rings is 2. The lowest BCUT2D eigenvalue weighted by atomic mass is 10.1. The highest BCUT2D eigenvalue weighted by Gasteiger charge is 2.10. The summed E-state index contributed by atoms with van der Waals surface area (Å²) in [4.78, 5) is 24.1. The zero-order valence-electron chi connectivity index (χ0n) is 16.0. The molecule has 0 fully saturated rings. The average molecular weight is 388 g/mol. The van der Waals surface area contributed by atoms with Crippen molar-refractivity contribution in [2.24, 2.45) is 0 Å². The summed E-state index contributed by atoms with van der Waals surface area (Å²) in [5.74, 6) is -0.273. The van der Waals surface area contributed by atoms with Crippen LogP contribution in [0.4, 0.5) is 17.1 Å². The van der Waals surface area contributed by atoms with Crippen LogP contribution in [0.15, 0.2) is 36.4 Å². The Hall–Kier alpha value is -2.53. The second-order valence-corrected chi connectivity index (χ2v) is 6.76. The maximum atomic E-state index is 12.4. The number of nitrogens with one attached hydrogen (secondary N) is 3. The van der Waals surface area contributed by atoms with Gasteiger partial charge in [-0.15, -0.1) is 0 Å². The fourth-order valence-electron chi connectivity index (χ4n) is 2.79. The second-order valence-electron chi connectivity index (χ2n) is 6.36. The van der Waals surface area contributed by atoms with E-state index in [4.69, 9.17) is 11.6 Å². The average Bonchev–Trinajstić information content (AvgIpc) is 2.63. The van der Waals surface area contributed by atoms with Gasteiger partial charge in [-0.25, -0.2) is 0 Å². The summed E-state index contributed by atoms with van der Waals surface area (Å²) in [6.07, 6.45) is 2.11. The van der Waals surface area contributed by atoms with Crippen LogP contribution in [0.2, 0.25) is 5.02 Å². The van der Waals surface area contributed by atoms with E-state index < -0.39 is 0 Å². The predicted molar refractivity (Wildman–Crippen MR) is 113 cm³/mol. The molecule has 0 unspecified atom stereocenters. The quantitative estimate of drug-likeness (QED) is 0.596. The Morgan fingerprint density at radius 1 is 1.04 bits per heavy atom. The molecule has 0 heterocycles. The minimum absolute atomic E-state index is 0.0644. The van der Waals surface area contributed by atoms with Crippen LogP contribution in [-0.2, 0) is 16.0 Å². The zero-order chi connectivity index (χ0) is 19.8. The Labute approximate surface area is 165 Å². The molecule has 6 heteroatoms. The smallest absolute Gasteiger partial charge is 0.243 e. The van der Waals surface area contributed by atoms with Crippen LogP contribution in [-0.4, -0.2) is 18.4 Å². The highest BCUT2D eigenvalue weighted by molar-refractivity contribution is 6.33. The van der Waals surface area contributed by atoms with Gasteiger partial charge in [0.05, 0.1) is 17.3 Å². The standard InChI is InChI=1S/C21H26ClN3O2/c1-4-7-19(26)24-16-10-11-17(22)18(12-16)25-20(27)13-23-21-14(3)8-6-9-15(21)5-2/h6,8-12,23H,4-5,7,13H2,1-3H3,(H,24,26)(H,25,27). The lowest BCUT2D eigenvalue weighted by Crippen LogP contribution is -2.23. The van der Waals surface area contributed by atoms with E-state index >= 15 is 0 Å². The molecular weight excluding hydrogens is 362 g/mol. The van der Waals surface area contributed by atoms with Gasteiger partial charge in [-0.1, -0.05) is 43.6 Å². The molecule has 144 valence electrons. The maximum absolute atomic E-state index is 12.4. The van der Waals surface area contributed by atoms with Crippen molar-refractivity contribution < 1.29 is 9.59 Å². The van der Waals surface area contributed by atoms with Gasteiger partial charge in [0.2, 0.25) is 11.8 Å². The van der Waals surface area contributed by atoms with Crippen molar-refractivity contribution >= 4 is 40.5 Å². The van der Waals surface area contributed by atoms with Gasteiger partial charge in [0.1, 0.15) is 0 Å². The summed E-state index contributed by atoms with van der Waals surface area (Å²) in [6.45, 7) is 6.16. The van der Waals surface area contributed by atoms with Crippen LogP contribution < -0.4 is 16.0 Å². The highest BCUT2D eigenvalue weighted by atomic mass is 35.5. The van der Waals surface area contributed by atoms with Crippen molar-refractivity contribution in [1.29, 1.82) is 0 Å². The van der Waals surface area contributed by atoms with E-state index in [1.165, 1.54) is 5.56 Å². The molecular formula is C21H26ClN3O2. The first-order valence-electron chi connectivity index (χ1n) is 9.16. The number of rotatable bonds is 8. The van der Waals surface area contributed by atoms with Crippen molar-refractivity contribution in [3.8, 4) is 0 Å². The summed E-state index contributed by atoms with van der Waals surface area (Å²) in [7, 11) is 0. The number of hydrogen-bond donors (Lipinski definition) is 3. The molecule has 3 N–H and O–H groups in total. The molecule has 0 saturated heterocycles. The first-order valence-corrected chi connectivity index (χ1v) is 9.54. The monoisotopic (exact) mass is 387 g/mol. The number of carbonyl (C=O) groups excluding carboxylic acids is 2. The van der Waals surface area contributed by atoms with Crippen LogP contribution >= 0.6 is 11.6 Å². The maximum Gasteiger partial charge on any atom is 0.243 e. The Balaban J connectivity index is 2.02. The number of para-hydroxylation sites is 1. The minimum atomic E-state index is -0.209. The van der Waals surface area contributed by atoms with Crippen molar-refractivity contribution in [3.63, 3.8) is 0 Å². The fraction of sp³-hybridized carbons (Fsp3) is 0.333. The number of aryl methyl sites for hydroxylation is 2. The van der Waals surface area contributed by atoms with Crippen molar-refractivity contribution in [3.05, 3.63) is 52.5 Å². The highest BCUT2D eigenvalue weighted by Crippen LogP contribution is 2.26. The third-order valence-electron chi connectivity index (χ3n) is 4.17. The van der Waals surface area contributed by atoms with E-state index in [-0.39, 0.29) is 18.4 Å². The summed E-state index contributed by atoms with van der Waals surface area (Å²) in [5, 5.41) is 9.23. The van der Waals surface area contributed by atoms with Crippen LogP contribution in [0.5, 0.6) is 0 Å². The van der Waals surface area contributed by atoms with E-state index in [0.29, 0.717) is 22.8 Å². The third kappa shape index (κ3) is 6.00. The minimum Gasteiger partial charge on any atom is -0.376 e. The number of anilines is 3. The Morgan fingerprint density at radius 2 is 1.81 bits per heavy atom. The molecule has 0 atom stereocenters. The first kappa shape index (κ1) is 20.8. The fourth-order valence-corrected chi connectivity index (χ4v) is 2.95. The van der Waals surface area contributed by atoms with Gasteiger partial charge < -0.3 is 16.0 Å². The van der Waals surface area contributed by atoms with Gasteiger partial charge in [-0.2, -0.15) is 0 Å². The van der Waals surface area contributed by atoms with Gasteiger partial charge in [-0.3, -0.25) is 9.59 Å². The van der Waals surface area contributed by atoms with Gasteiger partial charge >= 0.3 is 0 Å². The van der Waals surface area contributed by atoms with Gasteiger partial charge in [-0.05, 0) is 49.1 Å². The molecule has 2 aromatic carbocycles. The SMILES string of the molecule is CCCC(=O)Nc1ccc(Cl)c(NC(=O)CNc2c(C)cccc2CC)c1. The van der Waals surface area contributed by atoms with Crippen LogP contribution in [0.3, 0.4) is 0 Å². The van der Waals surface area contributed by atoms with Crippen molar-refractivity contribution in [2.45, 2.75) is 40.0 Å². The summed E-state index contributed by atoms with van der Waals surface area (Å²) >= 11 is 6.18. The molecule has 0 aliphatic heterocycles. The molecule has 0 aliphatic rings. The first-order chi connectivity index (χ1) is 12.9.